The lowest BCUT2D eigenvalue weighted by Crippen LogP contribution is -2.12. The van der Waals surface area contributed by atoms with Gasteiger partial charge in [0, 0.05) is 23.6 Å². The van der Waals surface area contributed by atoms with Crippen LogP contribution >= 0.6 is 23.1 Å². The van der Waals surface area contributed by atoms with Crippen LogP contribution in [0.1, 0.15) is 49.5 Å². The molecule has 2 aromatic heterocycles. The smallest absolute Gasteiger partial charge is 0.191 e. The molecule has 0 radical (unpaired) electrons. The molecule has 0 bridgehead atoms. The lowest BCUT2D eigenvalue weighted by atomic mass is 9.89. The molecule has 0 unspecified atom stereocenters. The minimum atomic E-state index is 0.530. The van der Waals surface area contributed by atoms with Gasteiger partial charge in [-0.2, -0.15) is 0 Å². The molecule has 152 valence electrons. The first-order chi connectivity index (χ1) is 14.3. The Kier molecular flexibility index (Phi) is 6.67. The molecule has 0 spiro atoms. The van der Waals surface area contributed by atoms with E-state index in [2.05, 4.69) is 26.7 Å². The van der Waals surface area contributed by atoms with Crippen LogP contribution in [-0.2, 0) is 12.3 Å². The molecule has 7 heteroatoms. The summed E-state index contributed by atoms with van der Waals surface area (Å²) in [5.41, 5.74) is 2.08. The van der Waals surface area contributed by atoms with Crippen molar-refractivity contribution in [1.82, 2.24) is 19.7 Å². The van der Waals surface area contributed by atoms with E-state index in [0.717, 1.165) is 45.3 Å². The average Bonchev–Trinajstić information content (AvgIpc) is 3.40. The number of ether oxygens (including phenoxy) is 1. The Labute approximate surface area is 180 Å². The molecule has 5 nitrogen and oxygen atoms in total. The fourth-order valence-electron chi connectivity index (χ4n) is 3.83. The van der Waals surface area contributed by atoms with Crippen molar-refractivity contribution in [1.29, 1.82) is 0 Å². The van der Waals surface area contributed by atoms with Crippen molar-refractivity contribution in [3.8, 4) is 16.3 Å². The fraction of sp³-hybridized carbons (Fsp3) is 0.409. The van der Waals surface area contributed by atoms with Gasteiger partial charge in [-0.3, -0.25) is 0 Å². The molecule has 0 atom stereocenters. The van der Waals surface area contributed by atoms with Gasteiger partial charge < -0.3 is 9.30 Å². The number of hydrogen-bond acceptors (Lipinski definition) is 6. The number of thiazole rings is 1. The molecule has 1 aliphatic carbocycles. The first kappa shape index (κ1) is 20.2. The number of para-hydroxylation sites is 1. The topological polar surface area (TPSA) is 52.8 Å². The Morgan fingerprint density at radius 3 is 2.86 bits per heavy atom. The normalized spacial score (nSPS) is 14.8. The summed E-state index contributed by atoms with van der Waals surface area (Å²) in [6.07, 6.45) is 8.29. The fourth-order valence-corrected chi connectivity index (χ4v) is 5.63. The van der Waals surface area contributed by atoms with Gasteiger partial charge in [-0.05, 0) is 25.0 Å². The second-order valence-corrected chi connectivity index (χ2v) is 9.01. The number of methoxy groups -OCH3 is 1. The zero-order valence-corrected chi connectivity index (χ0v) is 18.3. The van der Waals surface area contributed by atoms with Gasteiger partial charge in [0.15, 0.2) is 5.16 Å². The molecule has 1 aliphatic rings. The number of thioether (sulfide) groups is 1. The highest BCUT2D eigenvalue weighted by molar-refractivity contribution is 7.98. The molecule has 4 rings (SSSR count). The number of rotatable bonds is 8. The predicted octanol–water partition coefficient (Wildman–Crippen LogP) is 5.94. The summed E-state index contributed by atoms with van der Waals surface area (Å²) in [4.78, 5) is 4.82. The van der Waals surface area contributed by atoms with E-state index in [4.69, 9.17) is 9.72 Å². The third kappa shape index (κ3) is 4.56. The number of hydrogen-bond donors (Lipinski definition) is 0. The molecule has 29 heavy (non-hydrogen) atoms. The molecule has 0 amide bonds. The van der Waals surface area contributed by atoms with Gasteiger partial charge in [-0.15, -0.1) is 28.1 Å². The van der Waals surface area contributed by atoms with Crippen LogP contribution in [0, 0.1) is 0 Å². The Morgan fingerprint density at radius 2 is 2.07 bits per heavy atom. The van der Waals surface area contributed by atoms with Crippen molar-refractivity contribution in [2.24, 2.45) is 0 Å². The van der Waals surface area contributed by atoms with Gasteiger partial charge in [0.1, 0.15) is 16.6 Å². The van der Waals surface area contributed by atoms with Crippen LogP contribution in [0.4, 0.5) is 0 Å². The number of allylic oxidation sites excluding steroid dienone is 1. The van der Waals surface area contributed by atoms with Crippen molar-refractivity contribution in [3.63, 3.8) is 0 Å². The molecule has 0 aliphatic heterocycles. The third-order valence-electron chi connectivity index (χ3n) is 5.27. The number of nitrogens with zero attached hydrogens (tertiary/aromatic N) is 4. The summed E-state index contributed by atoms with van der Waals surface area (Å²) in [5, 5.41) is 13.1. The maximum Gasteiger partial charge on any atom is 0.191 e. The quantitative estimate of drug-likeness (QED) is 0.330. The Morgan fingerprint density at radius 1 is 1.24 bits per heavy atom. The third-order valence-corrected chi connectivity index (χ3v) is 7.19. The molecule has 2 heterocycles. The van der Waals surface area contributed by atoms with Crippen LogP contribution in [-0.4, -0.2) is 26.9 Å². The van der Waals surface area contributed by atoms with Gasteiger partial charge in [-0.25, -0.2) is 4.98 Å². The van der Waals surface area contributed by atoms with E-state index in [0.29, 0.717) is 5.92 Å². The highest BCUT2D eigenvalue weighted by Crippen LogP contribution is 2.35. The number of aromatic nitrogens is 4. The zero-order valence-electron chi connectivity index (χ0n) is 16.7. The second kappa shape index (κ2) is 9.59. The van der Waals surface area contributed by atoms with E-state index in [-0.39, 0.29) is 0 Å². The first-order valence-corrected chi connectivity index (χ1v) is 11.9. The van der Waals surface area contributed by atoms with Gasteiger partial charge in [0.05, 0.1) is 18.4 Å². The second-order valence-electron chi connectivity index (χ2n) is 7.21. The molecule has 1 saturated carbocycles. The highest BCUT2D eigenvalue weighted by Gasteiger charge is 2.23. The van der Waals surface area contributed by atoms with Crippen molar-refractivity contribution in [3.05, 3.63) is 53.8 Å². The van der Waals surface area contributed by atoms with Crippen molar-refractivity contribution >= 4 is 23.1 Å². The van der Waals surface area contributed by atoms with Crippen molar-refractivity contribution in [2.75, 3.05) is 7.11 Å². The lowest BCUT2D eigenvalue weighted by molar-refractivity contribution is 0.415. The van der Waals surface area contributed by atoms with E-state index < -0.39 is 0 Å². The minimum Gasteiger partial charge on any atom is -0.496 e. The largest absolute Gasteiger partial charge is 0.496 e. The summed E-state index contributed by atoms with van der Waals surface area (Å²) >= 11 is 3.34. The highest BCUT2D eigenvalue weighted by atomic mass is 32.2. The SMILES string of the molecule is C=CCn1c(SCc2csc(-c3ccccc3OC)n2)nnc1C1CCCCC1. The minimum absolute atomic E-state index is 0.530. The van der Waals surface area contributed by atoms with E-state index in [1.165, 1.54) is 32.1 Å². The Hall–Kier alpha value is -2.12. The monoisotopic (exact) mass is 426 g/mol. The zero-order chi connectivity index (χ0) is 20.1. The van der Waals surface area contributed by atoms with Gasteiger partial charge >= 0.3 is 0 Å². The van der Waals surface area contributed by atoms with Crippen LogP contribution in [0.15, 0.2) is 47.5 Å². The molecule has 1 fully saturated rings. The maximum atomic E-state index is 5.47. The summed E-state index contributed by atoms with van der Waals surface area (Å²) in [6.45, 7) is 4.68. The van der Waals surface area contributed by atoms with Crippen LogP contribution < -0.4 is 4.74 Å². The van der Waals surface area contributed by atoms with Crippen LogP contribution in [0.3, 0.4) is 0 Å². The summed E-state index contributed by atoms with van der Waals surface area (Å²) < 4.78 is 7.71. The van der Waals surface area contributed by atoms with E-state index >= 15 is 0 Å². The number of benzene rings is 1. The standard InChI is InChI=1S/C22H26N4OS2/c1-3-13-26-20(16-9-5-4-6-10-16)24-25-22(26)29-15-17-14-28-21(23-17)18-11-7-8-12-19(18)27-2/h3,7-8,11-12,14,16H,1,4-6,9-10,13,15H2,2H3. The van der Waals surface area contributed by atoms with Crippen LogP contribution in [0.5, 0.6) is 5.75 Å². The summed E-state index contributed by atoms with van der Waals surface area (Å²) in [6, 6.07) is 8.00. The maximum absolute atomic E-state index is 5.47. The van der Waals surface area contributed by atoms with Crippen molar-refractivity contribution < 1.29 is 4.74 Å². The van der Waals surface area contributed by atoms with Crippen LogP contribution in [0.2, 0.25) is 0 Å². The summed E-state index contributed by atoms with van der Waals surface area (Å²) in [5.74, 6) is 3.27. The van der Waals surface area contributed by atoms with Crippen LogP contribution in [0.25, 0.3) is 10.6 Å². The molecule has 3 aromatic rings. The summed E-state index contributed by atoms with van der Waals surface area (Å²) in [7, 11) is 1.69. The van der Waals surface area contributed by atoms with E-state index in [1.54, 1.807) is 30.2 Å². The van der Waals surface area contributed by atoms with Gasteiger partial charge in [0.25, 0.3) is 0 Å². The molecular weight excluding hydrogens is 400 g/mol. The average molecular weight is 427 g/mol. The molecule has 0 N–H and O–H groups in total. The van der Waals surface area contributed by atoms with Crippen molar-refractivity contribution in [2.45, 2.75) is 55.5 Å². The first-order valence-electron chi connectivity index (χ1n) is 10.0. The molecule has 1 aromatic carbocycles. The predicted molar refractivity (Wildman–Crippen MR) is 120 cm³/mol. The van der Waals surface area contributed by atoms with E-state index in [9.17, 15) is 0 Å². The Bertz CT molecular complexity index is 959. The molecular formula is C22H26N4OS2. The van der Waals surface area contributed by atoms with Gasteiger partial charge in [-0.1, -0.05) is 49.2 Å². The lowest BCUT2D eigenvalue weighted by Gasteiger charge is -2.21. The van der Waals surface area contributed by atoms with Gasteiger partial charge in [0.2, 0.25) is 0 Å². The molecule has 0 saturated heterocycles. The Balaban J connectivity index is 1.49. The van der Waals surface area contributed by atoms with E-state index in [1.807, 2.05) is 30.3 Å².